The first-order chi connectivity index (χ1) is 9.63. The highest BCUT2D eigenvalue weighted by Gasteiger charge is 2.19. The quantitative estimate of drug-likeness (QED) is 0.591. The normalized spacial score (nSPS) is 15.3. The molecule has 1 aromatic rings. The van der Waals surface area contributed by atoms with Gasteiger partial charge in [-0.05, 0) is 30.6 Å². The van der Waals surface area contributed by atoms with Crippen molar-refractivity contribution < 1.29 is 4.92 Å². The number of fused-ring (bicyclic) bond motifs is 1. The number of hydrogen-bond donors (Lipinski definition) is 0. The van der Waals surface area contributed by atoms with E-state index < -0.39 is 0 Å². The highest BCUT2D eigenvalue weighted by Crippen LogP contribution is 2.23. The predicted molar refractivity (Wildman–Crippen MR) is 79.9 cm³/mol. The van der Waals surface area contributed by atoms with E-state index in [9.17, 15) is 10.1 Å². The van der Waals surface area contributed by atoms with Crippen LogP contribution in [0.4, 0.5) is 5.69 Å². The average molecular weight is 277 g/mol. The molecule has 0 saturated heterocycles. The zero-order valence-corrected chi connectivity index (χ0v) is 12.3. The summed E-state index contributed by atoms with van der Waals surface area (Å²) in [5.74, 6) is 0. The van der Waals surface area contributed by atoms with Gasteiger partial charge >= 0.3 is 0 Å². The molecular formula is C15H23N3O2. The summed E-state index contributed by atoms with van der Waals surface area (Å²) in [4.78, 5) is 15.3. The Morgan fingerprint density at radius 3 is 2.70 bits per heavy atom. The Hall–Kier alpha value is -1.46. The summed E-state index contributed by atoms with van der Waals surface area (Å²) in [5.41, 5.74) is 2.58. The molecule has 0 radical (unpaired) electrons. The molecule has 5 nitrogen and oxygen atoms in total. The summed E-state index contributed by atoms with van der Waals surface area (Å²) in [5, 5.41) is 10.8. The second-order valence-electron chi connectivity index (χ2n) is 5.26. The maximum atomic E-state index is 10.8. The Morgan fingerprint density at radius 2 is 2.05 bits per heavy atom. The maximum absolute atomic E-state index is 10.8. The molecule has 0 bridgehead atoms. The molecule has 0 aliphatic carbocycles. The molecule has 1 heterocycles. The van der Waals surface area contributed by atoms with E-state index in [4.69, 9.17) is 0 Å². The largest absolute Gasteiger partial charge is 0.303 e. The van der Waals surface area contributed by atoms with E-state index in [-0.39, 0.29) is 10.6 Å². The van der Waals surface area contributed by atoms with Crippen LogP contribution < -0.4 is 0 Å². The molecule has 0 fully saturated rings. The fourth-order valence-electron chi connectivity index (χ4n) is 2.72. The molecule has 110 valence electrons. The lowest BCUT2D eigenvalue weighted by molar-refractivity contribution is -0.384. The SMILES string of the molecule is CCN(CC)CCN1CCc2cc([N+](=O)[O-])ccc2C1. The van der Waals surface area contributed by atoms with Crippen molar-refractivity contribution in [1.82, 2.24) is 9.80 Å². The van der Waals surface area contributed by atoms with Crippen LogP contribution in [0.5, 0.6) is 0 Å². The first kappa shape index (κ1) is 14.9. The van der Waals surface area contributed by atoms with Crippen LogP contribution in [0.1, 0.15) is 25.0 Å². The van der Waals surface area contributed by atoms with Gasteiger partial charge in [-0.15, -0.1) is 0 Å². The average Bonchev–Trinajstić information content (AvgIpc) is 2.47. The monoisotopic (exact) mass is 277 g/mol. The van der Waals surface area contributed by atoms with E-state index in [0.29, 0.717) is 0 Å². The molecule has 1 aromatic carbocycles. The van der Waals surface area contributed by atoms with Gasteiger partial charge in [0.15, 0.2) is 0 Å². The first-order valence-corrected chi connectivity index (χ1v) is 7.35. The Kier molecular flexibility index (Phi) is 5.09. The van der Waals surface area contributed by atoms with Gasteiger partial charge in [0, 0.05) is 38.3 Å². The Bertz CT molecular complexity index is 472. The second-order valence-corrected chi connectivity index (χ2v) is 5.26. The molecule has 0 amide bonds. The van der Waals surface area contributed by atoms with Crippen LogP contribution in [-0.2, 0) is 13.0 Å². The second kappa shape index (κ2) is 6.81. The lowest BCUT2D eigenvalue weighted by Gasteiger charge is -2.30. The van der Waals surface area contributed by atoms with E-state index >= 15 is 0 Å². The van der Waals surface area contributed by atoms with Crippen LogP contribution in [0.25, 0.3) is 0 Å². The zero-order valence-electron chi connectivity index (χ0n) is 12.3. The van der Waals surface area contributed by atoms with E-state index in [1.165, 1.54) is 5.56 Å². The molecule has 0 unspecified atom stereocenters. The highest BCUT2D eigenvalue weighted by molar-refractivity contribution is 5.41. The molecule has 20 heavy (non-hydrogen) atoms. The van der Waals surface area contributed by atoms with Crippen LogP contribution >= 0.6 is 0 Å². The standard InChI is InChI=1S/C15H23N3O2/c1-3-16(4-2)9-10-17-8-7-13-11-15(18(19)20)6-5-14(13)12-17/h5-6,11H,3-4,7-10,12H2,1-2H3. The van der Waals surface area contributed by atoms with Crippen molar-refractivity contribution in [2.75, 3.05) is 32.7 Å². The highest BCUT2D eigenvalue weighted by atomic mass is 16.6. The minimum absolute atomic E-state index is 0.209. The summed E-state index contributed by atoms with van der Waals surface area (Å²) < 4.78 is 0. The van der Waals surface area contributed by atoms with Gasteiger partial charge in [-0.3, -0.25) is 15.0 Å². The van der Waals surface area contributed by atoms with Crippen molar-refractivity contribution in [2.24, 2.45) is 0 Å². The van der Waals surface area contributed by atoms with Gasteiger partial charge in [-0.1, -0.05) is 19.9 Å². The van der Waals surface area contributed by atoms with Gasteiger partial charge in [-0.2, -0.15) is 0 Å². The number of nitro groups is 1. The van der Waals surface area contributed by atoms with Crippen molar-refractivity contribution in [1.29, 1.82) is 0 Å². The summed E-state index contributed by atoms with van der Waals surface area (Å²) in [6.45, 7) is 10.6. The van der Waals surface area contributed by atoms with E-state index in [1.54, 1.807) is 12.1 Å². The minimum atomic E-state index is -0.312. The Morgan fingerprint density at radius 1 is 1.30 bits per heavy atom. The van der Waals surface area contributed by atoms with Crippen molar-refractivity contribution in [3.05, 3.63) is 39.4 Å². The van der Waals surface area contributed by atoms with Crippen LogP contribution in [0, 0.1) is 10.1 Å². The number of non-ortho nitro benzene ring substituents is 1. The lowest BCUT2D eigenvalue weighted by Crippen LogP contribution is -2.37. The Balaban J connectivity index is 1.96. The molecule has 0 N–H and O–H groups in total. The molecule has 1 aliphatic heterocycles. The van der Waals surface area contributed by atoms with Crippen molar-refractivity contribution in [2.45, 2.75) is 26.8 Å². The fraction of sp³-hybridized carbons (Fsp3) is 0.600. The number of rotatable bonds is 6. The van der Waals surface area contributed by atoms with Crippen molar-refractivity contribution in [3.63, 3.8) is 0 Å². The van der Waals surface area contributed by atoms with Gasteiger partial charge in [0.1, 0.15) is 0 Å². The smallest absolute Gasteiger partial charge is 0.269 e. The number of nitro benzene ring substituents is 1. The minimum Gasteiger partial charge on any atom is -0.303 e. The maximum Gasteiger partial charge on any atom is 0.269 e. The van der Waals surface area contributed by atoms with Crippen molar-refractivity contribution in [3.8, 4) is 0 Å². The van der Waals surface area contributed by atoms with Gasteiger partial charge in [0.25, 0.3) is 5.69 Å². The molecular weight excluding hydrogens is 254 g/mol. The predicted octanol–water partition coefficient (Wildman–Crippen LogP) is 2.29. The lowest BCUT2D eigenvalue weighted by atomic mass is 9.99. The van der Waals surface area contributed by atoms with Gasteiger partial charge < -0.3 is 4.90 Å². The number of hydrogen-bond acceptors (Lipinski definition) is 4. The summed E-state index contributed by atoms with van der Waals surface area (Å²) in [7, 11) is 0. The molecule has 5 heteroatoms. The topological polar surface area (TPSA) is 49.6 Å². The van der Waals surface area contributed by atoms with Crippen LogP contribution in [0.15, 0.2) is 18.2 Å². The van der Waals surface area contributed by atoms with Crippen LogP contribution in [-0.4, -0.2) is 47.4 Å². The molecule has 2 rings (SSSR count). The van der Waals surface area contributed by atoms with Crippen LogP contribution in [0.3, 0.4) is 0 Å². The van der Waals surface area contributed by atoms with Gasteiger partial charge in [0.2, 0.25) is 0 Å². The zero-order chi connectivity index (χ0) is 14.5. The molecule has 0 saturated carbocycles. The van der Waals surface area contributed by atoms with E-state index in [2.05, 4.69) is 23.6 Å². The number of benzene rings is 1. The Labute approximate surface area is 120 Å². The molecule has 0 aromatic heterocycles. The fourth-order valence-corrected chi connectivity index (χ4v) is 2.72. The van der Waals surface area contributed by atoms with Crippen LogP contribution in [0.2, 0.25) is 0 Å². The van der Waals surface area contributed by atoms with E-state index in [0.717, 1.165) is 51.3 Å². The summed E-state index contributed by atoms with van der Waals surface area (Å²) in [6.07, 6.45) is 0.912. The van der Waals surface area contributed by atoms with Gasteiger partial charge in [0.05, 0.1) is 4.92 Å². The number of likely N-dealkylation sites (N-methyl/N-ethyl adjacent to an activating group) is 1. The number of nitrogens with zero attached hydrogens (tertiary/aromatic N) is 3. The first-order valence-electron chi connectivity index (χ1n) is 7.35. The molecule has 1 aliphatic rings. The third-order valence-corrected chi connectivity index (χ3v) is 4.12. The third-order valence-electron chi connectivity index (χ3n) is 4.12. The third kappa shape index (κ3) is 3.55. The van der Waals surface area contributed by atoms with E-state index in [1.807, 2.05) is 6.07 Å². The summed E-state index contributed by atoms with van der Waals surface area (Å²) in [6, 6.07) is 5.26. The van der Waals surface area contributed by atoms with Crippen molar-refractivity contribution >= 4 is 5.69 Å². The molecule has 0 spiro atoms. The molecule has 0 atom stereocenters. The summed E-state index contributed by atoms with van der Waals surface area (Å²) >= 11 is 0. The van der Waals surface area contributed by atoms with Gasteiger partial charge in [-0.25, -0.2) is 0 Å².